The third kappa shape index (κ3) is 6.29. The van der Waals surface area contributed by atoms with Gasteiger partial charge in [0, 0.05) is 5.69 Å². The molecule has 0 saturated carbocycles. The summed E-state index contributed by atoms with van der Waals surface area (Å²) in [5, 5.41) is 2.95. The molecule has 0 aliphatic rings. The van der Waals surface area contributed by atoms with Crippen molar-refractivity contribution in [2.24, 2.45) is 0 Å². The number of carbonyl (C=O) groups is 1. The first-order valence-corrected chi connectivity index (χ1v) is 12.3. The van der Waals surface area contributed by atoms with Gasteiger partial charge in [-0.2, -0.15) is 0 Å². The number of hydrogen-bond acceptors (Lipinski definition) is 5. The van der Waals surface area contributed by atoms with E-state index in [1.165, 1.54) is 35.4 Å². The molecule has 0 bridgehead atoms. The Hall–Kier alpha value is -3.52. The second kappa shape index (κ2) is 10.6. The summed E-state index contributed by atoms with van der Waals surface area (Å²) in [6, 6.07) is 16.5. The number of methoxy groups -OCH3 is 1. The van der Waals surface area contributed by atoms with E-state index in [0.717, 1.165) is 11.1 Å². The largest absolute Gasteiger partial charge is 0.497 e. The summed E-state index contributed by atoms with van der Waals surface area (Å²) in [5.41, 5.74) is 5.00. The van der Waals surface area contributed by atoms with Crippen LogP contribution in [0.25, 0.3) is 0 Å². The van der Waals surface area contributed by atoms with E-state index in [9.17, 15) is 13.2 Å². The van der Waals surface area contributed by atoms with Gasteiger partial charge in [0.25, 0.3) is 15.9 Å². The molecule has 8 heteroatoms. The van der Waals surface area contributed by atoms with Crippen LogP contribution in [-0.2, 0) is 14.8 Å². The van der Waals surface area contributed by atoms with Gasteiger partial charge in [-0.3, -0.25) is 9.52 Å². The fraction of sp³-hybridized carbons (Fsp3) is 0.269. The topological polar surface area (TPSA) is 93.7 Å². The number of ether oxygens (including phenoxy) is 2. The highest BCUT2D eigenvalue weighted by Gasteiger charge is 2.16. The average molecular weight is 483 g/mol. The molecule has 0 aromatic heterocycles. The Morgan fingerprint density at radius 1 is 0.882 bits per heavy atom. The third-order valence-corrected chi connectivity index (χ3v) is 6.97. The lowest BCUT2D eigenvalue weighted by Gasteiger charge is -2.18. The van der Waals surface area contributed by atoms with E-state index >= 15 is 0 Å². The number of nitrogens with one attached hydrogen (secondary N) is 2. The van der Waals surface area contributed by atoms with Crippen LogP contribution in [0.2, 0.25) is 0 Å². The Kier molecular flexibility index (Phi) is 7.83. The van der Waals surface area contributed by atoms with E-state index in [0.29, 0.717) is 17.2 Å². The van der Waals surface area contributed by atoms with Gasteiger partial charge in [0.1, 0.15) is 11.5 Å². The molecule has 2 N–H and O–H groups in total. The summed E-state index contributed by atoms with van der Waals surface area (Å²) >= 11 is 0. The zero-order chi connectivity index (χ0) is 24.9. The normalized spacial score (nSPS) is 12.0. The molecule has 0 fully saturated rings. The van der Waals surface area contributed by atoms with Gasteiger partial charge in [0.2, 0.25) is 0 Å². The third-order valence-electron chi connectivity index (χ3n) is 5.57. The van der Waals surface area contributed by atoms with Crippen molar-refractivity contribution in [2.45, 2.75) is 38.6 Å². The molecule has 0 aliphatic carbocycles. The summed E-state index contributed by atoms with van der Waals surface area (Å²) < 4.78 is 38.4. The van der Waals surface area contributed by atoms with E-state index < -0.39 is 10.0 Å². The molecular weight excluding hydrogens is 452 g/mol. The van der Waals surface area contributed by atoms with Gasteiger partial charge in [-0.25, -0.2) is 8.42 Å². The van der Waals surface area contributed by atoms with E-state index in [1.54, 1.807) is 31.4 Å². The Labute approximate surface area is 201 Å². The van der Waals surface area contributed by atoms with Crippen LogP contribution >= 0.6 is 0 Å². The molecule has 1 atom stereocenters. The molecule has 0 spiro atoms. The highest BCUT2D eigenvalue weighted by Crippen LogP contribution is 2.23. The SMILES string of the molecule is COc1ccc(NS(=O)(=O)c2ccc(OCC(=O)NC(C)c3cc(C)c(C)cc3C)cc2)cc1. The second-order valence-electron chi connectivity index (χ2n) is 8.18. The molecule has 34 heavy (non-hydrogen) atoms. The van der Waals surface area contributed by atoms with Crippen molar-refractivity contribution in [1.82, 2.24) is 5.32 Å². The monoisotopic (exact) mass is 482 g/mol. The lowest BCUT2D eigenvalue weighted by molar-refractivity contribution is -0.123. The quantitative estimate of drug-likeness (QED) is 0.462. The fourth-order valence-electron chi connectivity index (χ4n) is 3.55. The summed E-state index contributed by atoms with van der Waals surface area (Å²) in [5.74, 6) is 0.767. The van der Waals surface area contributed by atoms with Crippen molar-refractivity contribution in [1.29, 1.82) is 0 Å². The Morgan fingerprint density at radius 3 is 2.09 bits per heavy atom. The number of rotatable bonds is 9. The summed E-state index contributed by atoms with van der Waals surface area (Å²) in [6.07, 6.45) is 0. The lowest BCUT2D eigenvalue weighted by atomic mass is 9.96. The number of carbonyl (C=O) groups excluding carboxylic acids is 1. The van der Waals surface area contributed by atoms with Gasteiger partial charge in [-0.05, 0) is 98.5 Å². The van der Waals surface area contributed by atoms with E-state index in [1.807, 2.05) is 20.8 Å². The van der Waals surface area contributed by atoms with Crippen LogP contribution in [0.15, 0.2) is 65.6 Å². The Balaban J connectivity index is 1.56. The molecule has 3 rings (SSSR count). The van der Waals surface area contributed by atoms with E-state index in [2.05, 4.69) is 29.1 Å². The maximum atomic E-state index is 12.6. The van der Waals surface area contributed by atoms with E-state index in [4.69, 9.17) is 9.47 Å². The van der Waals surface area contributed by atoms with E-state index in [-0.39, 0.29) is 23.5 Å². The number of amides is 1. The van der Waals surface area contributed by atoms with Crippen molar-refractivity contribution >= 4 is 21.6 Å². The maximum absolute atomic E-state index is 12.6. The molecule has 0 heterocycles. The zero-order valence-corrected chi connectivity index (χ0v) is 20.8. The van der Waals surface area contributed by atoms with Crippen LogP contribution in [-0.4, -0.2) is 28.0 Å². The van der Waals surface area contributed by atoms with Crippen molar-refractivity contribution in [3.05, 3.63) is 82.9 Å². The molecule has 3 aromatic rings. The van der Waals surface area contributed by atoms with Crippen molar-refractivity contribution in [2.75, 3.05) is 18.4 Å². The van der Waals surface area contributed by atoms with Crippen LogP contribution in [0, 0.1) is 20.8 Å². The molecule has 0 aliphatic heterocycles. The molecule has 7 nitrogen and oxygen atoms in total. The minimum atomic E-state index is -3.76. The van der Waals surface area contributed by atoms with Gasteiger partial charge < -0.3 is 14.8 Å². The maximum Gasteiger partial charge on any atom is 0.261 e. The summed E-state index contributed by atoms with van der Waals surface area (Å²) in [4.78, 5) is 12.5. The van der Waals surface area contributed by atoms with Crippen LogP contribution in [0.1, 0.15) is 35.2 Å². The van der Waals surface area contributed by atoms with Crippen molar-refractivity contribution < 1.29 is 22.7 Å². The molecular formula is C26H30N2O5S. The van der Waals surface area contributed by atoms with Crippen molar-refractivity contribution in [3.63, 3.8) is 0 Å². The number of benzene rings is 3. The van der Waals surface area contributed by atoms with Crippen molar-refractivity contribution in [3.8, 4) is 11.5 Å². The van der Waals surface area contributed by atoms with Crippen LogP contribution in [0.4, 0.5) is 5.69 Å². The number of sulfonamides is 1. The molecule has 3 aromatic carbocycles. The number of anilines is 1. The standard InChI is InChI=1S/C26H30N2O5S/c1-17-14-19(3)25(15-18(17)2)20(4)27-26(29)16-33-23-10-12-24(13-11-23)34(30,31)28-21-6-8-22(32-5)9-7-21/h6-15,20,28H,16H2,1-5H3,(H,27,29). The summed E-state index contributed by atoms with van der Waals surface area (Å²) in [6.45, 7) is 7.90. The predicted octanol–water partition coefficient (Wildman–Crippen LogP) is 4.68. The average Bonchev–Trinajstić information content (AvgIpc) is 2.80. The van der Waals surface area contributed by atoms with Gasteiger partial charge in [-0.1, -0.05) is 12.1 Å². The number of hydrogen-bond donors (Lipinski definition) is 2. The smallest absolute Gasteiger partial charge is 0.261 e. The Morgan fingerprint density at radius 2 is 1.47 bits per heavy atom. The van der Waals surface area contributed by atoms with Gasteiger partial charge >= 0.3 is 0 Å². The van der Waals surface area contributed by atoms with Crippen LogP contribution in [0.5, 0.6) is 11.5 Å². The molecule has 180 valence electrons. The molecule has 1 amide bonds. The molecule has 1 unspecified atom stereocenters. The fourth-order valence-corrected chi connectivity index (χ4v) is 4.61. The predicted molar refractivity (Wildman–Crippen MR) is 133 cm³/mol. The van der Waals surface area contributed by atoms with Gasteiger partial charge in [0.15, 0.2) is 6.61 Å². The number of aryl methyl sites for hydroxylation is 3. The van der Waals surface area contributed by atoms with Crippen LogP contribution in [0.3, 0.4) is 0 Å². The van der Waals surface area contributed by atoms with Gasteiger partial charge in [-0.15, -0.1) is 0 Å². The first-order valence-electron chi connectivity index (χ1n) is 10.9. The second-order valence-corrected chi connectivity index (χ2v) is 9.86. The zero-order valence-electron chi connectivity index (χ0n) is 20.0. The lowest BCUT2D eigenvalue weighted by Crippen LogP contribution is -2.31. The highest BCUT2D eigenvalue weighted by atomic mass is 32.2. The summed E-state index contributed by atoms with van der Waals surface area (Å²) in [7, 11) is -2.22. The molecule has 0 radical (unpaired) electrons. The van der Waals surface area contributed by atoms with Crippen LogP contribution < -0.4 is 19.5 Å². The molecule has 0 saturated heterocycles. The first kappa shape index (κ1) is 25.1. The first-order chi connectivity index (χ1) is 16.1. The minimum absolute atomic E-state index is 0.0824. The highest BCUT2D eigenvalue weighted by molar-refractivity contribution is 7.92. The Bertz CT molecular complexity index is 1250. The van der Waals surface area contributed by atoms with Gasteiger partial charge in [0.05, 0.1) is 18.0 Å². The minimum Gasteiger partial charge on any atom is -0.497 e.